The third-order valence-corrected chi connectivity index (χ3v) is 19.0. The van der Waals surface area contributed by atoms with E-state index in [1.807, 2.05) is 60.0 Å². The Morgan fingerprint density at radius 3 is 2.25 bits per heavy atom. The summed E-state index contributed by atoms with van der Waals surface area (Å²) in [6.07, 6.45) is -6.92. The minimum absolute atomic E-state index is 0.0166. The first-order chi connectivity index (χ1) is 49.7. The Morgan fingerprint density at radius 2 is 1.58 bits per heavy atom. The molecule has 7 amide bonds. The van der Waals surface area contributed by atoms with Gasteiger partial charge < -0.3 is 92.8 Å². The Kier molecular flexibility index (Phi) is 30.2. The molecule has 2 aromatic carbocycles. The molecule has 1 aromatic heterocycles. The molecule has 4 bridgehead atoms. The van der Waals surface area contributed by atoms with E-state index in [-0.39, 0.29) is 63.8 Å². The number of allylic oxidation sites excluding steroid dienone is 3. The van der Waals surface area contributed by atoms with Crippen molar-refractivity contribution in [1.82, 2.24) is 46.5 Å². The highest BCUT2D eigenvalue weighted by atomic mass is 35.5. The quantitative estimate of drug-likeness (QED) is 0.0165. The van der Waals surface area contributed by atoms with E-state index >= 15 is 0 Å². The second kappa shape index (κ2) is 37.9. The summed E-state index contributed by atoms with van der Waals surface area (Å²) in [7, 11) is 9.41. The fourth-order valence-corrected chi connectivity index (χ4v) is 13.1. The number of amides is 7. The lowest BCUT2D eigenvalue weighted by molar-refractivity contribution is -0.228. The van der Waals surface area contributed by atoms with Crippen molar-refractivity contribution in [2.24, 2.45) is 5.92 Å². The first kappa shape index (κ1) is 83.5. The van der Waals surface area contributed by atoms with E-state index in [1.165, 1.54) is 45.0 Å². The van der Waals surface area contributed by atoms with Crippen LogP contribution in [0.3, 0.4) is 0 Å². The summed E-state index contributed by atoms with van der Waals surface area (Å²) in [5, 5.41) is 27.9. The molecule has 578 valence electrons. The molecule has 3 saturated heterocycles. The number of aliphatic hydroxyl groups is 1. The molecule has 0 radical (unpaired) electrons. The molecule has 0 aliphatic carbocycles. The number of rotatable bonds is 30. The minimum atomic E-state index is -1.92. The van der Waals surface area contributed by atoms with Gasteiger partial charge in [0.2, 0.25) is 35.4 Å². The van der Waals surface area contributed by atoms with E-state index in [9.17, 15) is 57.8 Å². The van der Waals surface area contributed by atoms with Crippen molar-refractivity contribution in [2.45, 2.75) is 185 Å². The van der Waals surface area contributed by atoms with Gasteiger partial charge in [0.25, 0.3) is 0 Å². The number of benzene rings is 2. The Labute approximate surface area is 614 Å². The lowest BCUT2D eigenvalue weighted by atomic mass is 9.83. The standard InChI is InChI=1S/C71H99ClN10O23/c1-39-18-17-21-55(96-14)71(94)36-53(103-69(93)78-71)40(2)65-70(8,105-65)56(35-60(90)81(12)51-31-46(30-39)32-52(95-13)61(51)72)104-68(92)41(3)80(11)59(89)23-26-97-28-29-98-27-24-74-66(91)49(76-57(87)22-25-82-48(37-79(10)73-9)33-47-19-15-16-20-50(47)82)34-58(88)77-67-62(75-42(4)83)64(101-45(7)86)63(100-44(6)85)54(102-67)38-99-43(5)84/h15-21,31-33,40-41,49,53-56,62-65,67,73,94H,22-30,34-38H2,1-14H3,(H,74,91)(H,75,83)(H,76,87)(H,77,88)(H,78,93)/b21-17+,39-18+/t40-,41+,49+,53+,54-,55-,56+,62-,63-,64-,65?,67-,70+,71?/m1/s1. The number of aryl methyl sites for hydroxylation is 1. The molecule has 105 heavy (non-hydrogen) atoms. The number of anilines is 1. The predicted octanol–water partition coefficient (Wildman–Crippen LogP) is 2.31. The summed E-state index contributed by atoms with van der Waals surface area (Å²) in [6, 6.07) is 8.97. The van der Waals surface area contributed by atoms with E-state index in [4.69, 9.17) is 63.7 Å². The number of likely N-dealkylation sites (N-methyl/N-ethyl adjacent to an activating group) is 1. The smallest absolute Gasteiger partial charge is 0.409 e. The first-order valence-electron chi connectivity index (χ1n) is 34.4. The van der Waals surface area contributed by atoms with Crippen LogP contribution in [0.1, 0.15) is 98.8 Å². The van der Waals surface area contributed by atoms with Gasteiger partial charge in [-0.2, -0.15) is 0 Å². The Morgan fingerprint density at radius 1 is 0.886 bits per heavy atom. The molecule has 4 aliphatic rings. The van der Waals surface area contributed by atoms with E-state index in [1.54, 1.807) is 45.2 Å². The summed E-state index contributed by atoms with van der Waals surface area (Å²) in [5.74, 6) is -7.68. The monoisotopic (exact) mass is 1490 g/mol. The van der Waals surface area contributed by atoms with Crippen molar-refractivity contribution in [1.29, 1.82) is 0 Å². The van der Waals surface area contributed by atoms with Gasteiger partial charge in [-0.15, -0.1) is 0 Å². The number of para-hydroxylation sites is 1. The zero-order chi connectivity index (χ0) is 77.2. The van der Waals surface area contributed by atoms with Crippen LogP contribution in [-0.4, -0.2) is 245 Å². The third kappa shape index (κ3) is 22.6. The van der Waals surface area contributed by atoms with Gasteiger partial charge in [0.15, 0.2) is 24.2 Å². The zero-order valence-electron chi connectivity index (χ0n) is 61.7. The lowest BCUT2D eigenvalue weighted by Gasteiger charge is -2.45. The Bertz CT molecular complexity index is 3700. The molecule has 0 spiro atoms. The summed E-state index contributed by atoms with van der Waals surface area (Å²) in [4.78, 5) is 150. The number of esters is 4. The van der Waals surface area contributed by atoms with Gasteiger partial charge in [0.1, 0.15) is 65.5 Å². The molecular formula is C71H99ClN10O23. The Balaban J connectivity index is 0.967. The summed E-state index contributed by atoms with van der Waals surface area (Å²) in [5.41, 5.74) is 3.45. The highest BCUT2D eigenvalue weighted by Crippen LogP contribution is 2.49. The Hall–Kier alpha value is -8.80. The van der Waals surface area contributed by atoms with Crippen LogP contribution in [0, 0.1) is 5.92 Å². The van der Waals surface area contributed by atoms with Gasteiger partial charge in [0, 0.05) is 99.0 Å². The molecule has 3 aromatic rings. The van der Waals surface area contributed by atoms with E-state index in [0.29, 0.717) is 24.4 Å². The van der Waals surface area contributed by atoms with Gasteiger partial charge >= 0.3 is 30.0 Å². The molecule has 14 atom stereocenters. The SMILES string of the molecule is CNN(C)Cc1cc2ccccc2n1CCC(=O)N[C@@H](CC(=O)N[C@@H]1O[C@H](COC(C)=O)[C@@H](OC(C)=O)[C@H](OC(C)=O)[C@H]1NC(C)=O)C(=O)NCCOCCOCCC(=O)N(C)[C@@H](C)C(=O)O[C@H]1CC(=O)N(C)c2cc(cc(OC)c2Cl)C/C(C)=C/C=C/[C@@H](OC)C2(O)C[C@H](OC(=O)N2)[C@@H](C)C2O[C@]21C. The highest BCUT2D eigenvalue weighted by molar-refractivity contribution is 6.35. The van der Waals surface area contributed by atoms with Gasteiger partial charge in [-0.1, -0.05) is 60.5 Å². The number of hydrogen-bond acceptors (Lipinski definition) is 25. The number of methoxy groups -OCH3 is 2. The average Bonchev–Trinajstić information content (AvgIpc) is 1.57. The minimum Gasteiger partial charge on any atom is -0.495 e. The first-order valence-corrected chi connectivity index (χ1v) is 34.8. The van der Waals surface area contributed by atoms with Crippen molar-refractivity contribution in [3.05, 3.63) is 82.5 Å². The number of halogens is 1. The lowest BCUT2D eigenvalue weighted by Crippen LogP contribution is -2.69. The predicted molar refractivity (Wildman–Crippen MR) is 376 cm³/mol. The van der Waals surface area contributed by atoms with Crippen LogP contribution in [-0.2, 0) is 115 Å². The molecule has 34 heteroatoms. The third-order valence-electron chi connectivity index (χ3n) is 18.6. The van der Waals surface area contributed by atoms with E-state index < -0.39 is 169 Å². The summed E-state index contributed by atoms with van der Waals surface area (Å²) < 4.78 is 65.2. The number of fused-ring (bicyclic) bond motifs is 6. The molecule has 2 unspecified atom stereocenters. The fourth-order valence-electron chi connectivity index (χ4n) is 12.8. The van der Waals surface area contributed by atoms with Gasteiger partial charge in [-0.25, -0.2) is 14.6 Å². The van der Waals surface area contributed by atoms with Crippen LogP contribution in [0.4, 0.5) is 10.5 Å². The maximum absolute atomic E-state index is 14.5. The van der Waals surface area contributed by atoms with Crippen LogP contribution in [0.5, 0.6) is 5.75 Å². The molecular weight excluding hydrogens is 1400 g/mol. The maximum atomic E-state index is 14.5. The average molecular weight is 1500 g/mol. The van der Waals surface area contributed by atoms with Crippen molar-refractivity contribution in [3.8, 4) is 5.75 Å². The molecule has 7 N–H and O–H groups in total. The van der Waals surface area contributed by atoms with Gasteiger partial charge in [-0.05, 0) is 69.5 Å². The second-order valence-electron chi connectivity index (χ2n) is 26.5. The van der Waals surface area contributed by atoms with Crippen LogP contribution in [0.25, 0.3) is 10.9 Å². The van der Waals surface area contributed by atoms with Crippen LogP contribution < -0.4 is 41.6 Å². The number of carbonyl (C=O) groups is 11. The number of ether oxygens (including phenoxy) is 11. The van der Waals surface area contributed by atoms with Gasteiger partial charge in [0.05, 0.1) is 71.1 Å². The number of nitrogens with zero attached hydrogens (tertiary/aromatic N) is 4. The number of carbonyl (C=O) groups excluding carboxylic acids is 11. The summed E-state index contributed by atoms with van der Waals surface area (Å²) in [6.45, 7) is 10.9. The van der Waals surface area contributed by atoms with E-state index in [2.05, 4.69) is 32.0 Å². The highest BCUT2D eigenvalue weighted by Gasteiger charge is 2.65. The molecule has 33 nitrogen and oxygen atoms in total. The second-order valence-corrected chi connectivity index (χ2v) is 26.9. The number of epoxide rings is 1. The van der Waals surface area contributed by atoms with E-state index in [0.717, 1.165) is 55.4 Å². The van der Waals surface area contributed by atoms with Crippen LogP contribution in [0.15, 0.2) is 66.3 Å². The number of hydrogen-bond donors (Lipinski definition) is 7. The molecule has 7 rings (SSSR count). The normalized spacial score (nSPS) is 26.0. The summed E-state index contributed by atoms with van der Waals surface area (Å²) >= 11 is 6.85. The fraction of sp³-hybridized carbons (Fsp3) is 0.592. The molecule has 3 fully saturated rings. The zero-order valence-corrected chi connectivity index (χ0v) is 62.5. The number of alkyl carbamates (subject to hydrolysis) is 1. The van der Waals surface area contributed by atoms with Gasteiger partial charge in [-0.3, -0.25) is 53.9 Å². The number of aromatic nitrogens is 1. The van der Waals surface area contributed by atoms with Crippen LogP contribution >= 0.6 is 11.6 Å². The van der Waals surface area contributed by atoms with Crippen molar-refractivity contribution in [2.75, 3.05) is 86.9 Å². The van der Waals surface area contributed by atoms with Crippen LogP contribution in [0.2, 0.25) is 5.02 Å². The number of hydrazine groups is 1. The maximum Gasteiger partial charge on any atom is 0.409 e. The largest absolute Gasteiger partial charge is 0.495 e. The van der Waals surface area contributed by atoms with Crippen molar-refractivity contribution in [3.63, 3.8) is 0 Å². The molecule has 0 saturated carbocycles. The topological polar surface area (TPSA) is 400 Å². The molecule has 5 heterocycles. The van der Waals surface area contributed by atoms with Crippen molar-refractivity contribution < 1.29 is 110 Å². The molecule has 4 aliphatic heterocycles. The number of nitrogens with one attached hydrogen (secondary N) is 6. The van der Waals surface area contributed by atoms with Crippen molar-refractivity contribution >= 4 is 93.6 Å².